The molecule has 1 unspecified atom stereocenters. The fraction of sp³-hybridized carbons (Fsp3) is 0.333. The van der Waals surface area contributed by atoms with Crippen LogP contribution in [0.5, 0.6) is 0 Å². The van der Waals surface area contributed by atoms with Crippen LogP contribution in [0.15, 0.2) is 40.2 Å². The third-order valence-corrected chi connectivity index (χ3v) is 4.68. The molecule has 1 atom stereocenters. The van der Waals surface area contributed by atoms with Crippen LogP contribution < -0.4 is 5.32 Å². The van der Waals surface area contributed by atoms with E-state index < -0.39 is 0 Å². The molecule has 0 bridgehead atoms. The number of ether oxygens (including phenoxy) is 1. The Kier molecular flexibility index (Phi) is 5.43. The Balaban J connectivity index is 2.09. The van der Waals surface area contributed by atoms with Crippen molar-refractivity contribution in [3.8, 4) is 0 Å². The standard InChI is InChI=1S/C15H18BrNOS/c1-3-18-10-12-6-4-5-7-13(12)17-11(2)14-8-9-15(16)19-14/h4-9,11,17H,3,10H2,1-2H3. The van der Waals surface area contributed by atoms with E-state index in [1.165, 1.54) is 14.2 Å². The highest BCUT2D eigenvalue weighted by Crippen LogP contribution is 2.30. The van der Waals surface area contributed by atoms with Gasteiger partial charge in [0.1, 0.15) is 0 Å². The van der Waals surface area contributed by atoms with Crippen molar-refractivity contribution >= 4 is 33.0 Å². The van der Waals surface area contributed by atoms with Crippen LogP contribution in [-0.2, 0) is 11.3 Å². The van der Waals surface area contributed by atoms with E-state index in [0.717, 1.165) is 12.3 Å². The van der Waals surface area contributed by atoms with E-state index in [0.29, 0.717) is 12.6 Å². The van der Waals surface area contributed by atoms with Crippen LogP contribution in [0, 0.1) is 0 Å². The average Bonchev–Trinajstić information content (AvgIpc) is 2.84. The van der Waals surface area contributed by atoms with Gasteiger partial charge in [-0.1, -0.05) is 18.2 Å². The van der Waals surface area contributed by atoms with E-state index in [2.05, 4.69) is 58.5 Å². The van der Waals surface area contributed by atoms with Crippen LogP contribution in [0.3, 0.4) is 0 Å². The minimum Gasteiger partial charge on any atom is -0.377 e. The number of nitrogens with one attached hydrogen (secondary N) is 1. The lowest BCUT2D eigenvalue weighted by molar-refractivity contribution is 0.134. The summed E-state index contributed by atoms with van der Waals surface area (Å²) in [5, 5.41) is 3.56. The van der Waals surface area contributed by atoms with Crippen LogP contribution in [0.25, 0.3) is 0 Å². The van der Waals surface area contributed by atoms with Crippen LogP contribution in [0.1, 0.15) is 30.3 Å². The molecule has 2 aromatic rings. The van der Waals surface area contributed by atoms with Gasteiger partial charge in [-0.05, 0) is 48.0 Å². The van der Waals surface area contributed by atoms with Crippen molar-refractivity contribution in [1.82, 2.24) is 0 Å². The van der Waals surface area contributed by atoms with Gasteiger partial charge >= 0.3 is 0 Å². The molecule has 4 heteroatoms. The normalized spacial score (nSPS) is 12.4. The molecule has 2 rings (SSSR count). The van der Waals surface area contributed by atoms with Gasteiger partial charge in [-0.25, -0.2) is 0 Å². The fourth-order valence-electron chi connectivity index (χ4n) is 1.86. The van der Waals surface area contributed by atoms with E-state index in [-0.39, 0.29) is 0 Å². The Bertz CT molecular complexity index is 526. The second-order valence-electron chi connectivity index (χ2n) is 4.30. The second kappa shape index (κ2) is 7.08. The average molecular weight is 340 g/mol. The molecule has 102 valence electrons. The summed E-state index contributed by atoms with van der Waals surface area (Å²) in [6.07, 6.45) is 0. The molecular formula is C15H18BrNOS. The van der Waals surface area contributed by atoms with E-state index in [1.54, 1.807) is 11.3 Å². The van der Waals surface area contributed by atoms with Gasteiger partial charge in [0.25, 0.3) is 0 Å². The molecule has 0 amide bonds. The first kappa shape index (κ1) is 14.6. The third-order valence-electron chi connectivity index (χ3n) is 2.87. The van der Waals surface area contributed by atoms with Gasteiger partial charge in [-0.3, -0.25) is 0 Å². The molecule has 0 aliphatic carbocycles. The zero-order valence-corrected chi connectivity index (χ0v) is 13.6. The van der Waals surface area contributed by atoms with Crippen molar-refractivity contribution in [1.29, 1.82) is 0 Å². The zero-order valence-electron chi connectivity index (χ0n) is 11.2. The van der Waals surface area contributed by atoms with Gasteiger partial charge in [0.15, 0.2) is 0 Å². The summed E-state index contributed by atoms with van der Waals surface area (Å²) in [5.74, 6) is 0. The summed E-state index contributed by atoms with van der Waals surface area (Å²) in [6.45, 7) is 5.58. The minimum atomic E-state index is 0.291. The summed E-state index contributed by atoms with van der Waals surface area (Å²) in [5.41, 5.74) is 2.35. The Morgan fingerprint density at radius 1 is 1.26 bits per heavy atom. The molecule has 0 aliphatic heterocycles. The van der Waals surface area contributed by atoms with Gasteiger partial charge in [-0.15, -0.1) is 11.3 Å². The summed E-state index contributed by atoms with van der Waals surface area (Å²) >= 11 is 5.27. The number of thiophene rings is 1. The number of rotatable bonds is 6. The second-order valence-corrected chi connectivity index (χ2v) is 6.80. The van der Waals surface area contributed by atoms with Crippen molar-refractivity contribution < 1.29 is 4.74 Å². The van der Waals surface area contributed by atoms with Crippen LogP contribution in [-0.4, -0.2) is 6.61 Å². The molecule has 0 aliphatic rings. The predicted octanol–water partition coefficient (Wildman–Crippen LogP) is 5.22. The summed E-state index contributed by atoms with van der Waals surface area (Å²) in [4.78, 5) is 1.32. The number of hydrogen-bond acceptors (Lipinski definition) is 3. The van der Waals surface area contributed by atoms with E-state index >= 15 is 0 Å². The van der Waals surface area contributed by atoms with Crippen LogP contribution in [0.2, 0.25) is 0 Å². The molecule has 0 saturated carbocycles. The van der Waals surface area contributed by atoms with Crippen molar-refractivity contribution in [3.05, 3.63) is 50.6 Å². The van der Waals surface area contributed by atoms with E-state index in [1.807, 2.05) is 13.0 Å². The van der Waals surface area contributed by atoms with Gasteiger partial charge in [-0.2, -0.15) is 0 Å². The molecule has 1 aromatic heterocycles. The number of hydrogen-bond donors (Lipinski definition) is 1. The number of anilines is 1. The quantitative estimate of drug-likeness (QED) is 0.778. The topological polar surface area (TPSA) is 21.3 Å². The molecule has 19 heavy (non-hydrogen) atoms. The highest BCUT2D eigenvalue weighted by molar-refractivity contribution is 9.11. The summed E-state index contributed by atoms with van der Waals surface area (Å²) in [7, 11) is 0. The van der Waals surface area contributed by atoms with Crippen molar-refractivity contribution in [2.45, 2.75) is 26.5 Å². The van der Waals surface area contributed by atoms with Crippen LogP contribution in [0.4, 0.5) is 5.69 Å². The number of halogens is 1. The molecule has 1 N–H and O–H groups in total. The molecular weight excluding hydrogens is 322 g/mol. The Labute approximate surface area is 126 Å². The molecule has 0 radical (unpaired) electrons. The van der Waals surface area contributed by atoms with Crippen molar-refractivity contribution in [3.63, 3.8) is 0 Å². The third kappa shape index (κ3) is 4.06. The maximum absolute atomic E-state index is 5.51. The van der Waals surface area contributed by atoms with Gasteiger partial charge in [0.2, 0.25) is 0 Å². The van der Waals surface area contributed by atoms with Gasteiger partial charge in [0, 0.05) is 22.7 Å². The van der Waals surface area contributed by atoms with Crippen molar-refractivity contribution in [2.24, 2.45) is 0 Å². The fourth-order valence-corrected chi connectivity index (χ4v) is 3.29. The summed E-state index contributed by atoms with van der Waals surface area (Å²) < 4.78 is 6.67. The maximum Gasteiger partial charge on any atom is 0.0736 e. The predicted molar refractivity (Wildman–Crippen MR) is 85.8 cm³/mol. The first-order valence-corrected chi connectivity index (χ1v) is 7.99. The SMILES string of the molecule is CCOCc1ccccc1NC(C)c1ccc(Br)s1. The maximum atomic E-state index is 5.51. The summed E-state index contributed by atoms with van der Waals surface area (Å²) in [6, 6.07) is 12.8. The Morgan fingerprint density at radius 3 is 2.74 bits per heavy atom. The molecule has 1 heterocycles. The smallest absolute Gasteiger partial charge is 0.0736 e. The highest BCUT2D eigenvalue weighted by Gasteiger charge is 2.10. The molecule has 2 nitrogen and oxygen atoms in total. The largest absolute Gasteiger partial charge is 0.377 e. The monoisotopic (exact) mass is 339 g/mol. The van der Waals surface area contributed by atoms with E-state index in [9.17, 15) is 0 Å². The molecule has 1 aromatic carbocycles. The number of benzene rings is 1. The lowest BCUT2D eigenvalue weighted by atomic mass is 10.1. The van der Waals surface area contributed by atoms with Crippen LogP contribution >= 0.6 is 27.3 Å². The molecule has 0 spiro atoms. The van der Waals surface area contributed by atoms with Crippen molar-refractivity contribution in [2.75, 3.05) is 11.9 Å². The van der Waals surface area contributed by atoms with E-state index in [4.69, 9.17) is 4.74 Å². The Morgan fingerprint density at radius 2 is 2.05 bits per heavy atom. The van der Waals surface area contributed by atoms with Gasteiger partial charge < -0.3 is 10.1 Å². The molecule has 0 saturated heterocycles. The zero-order chi connectivity index (χ0) is 13.7. The minimum absolute atomic E-state index is 0.291. The lowest BCUT2D eigenvalue weighted by Crippen LogP contribution is -2.07. The molecule has 0 fully saturated rings. The number of para-hydroxylation sites is 1. The first-order chi connectivity index (χ1) is 9.20. The lowest BCUT2D eigenvalue weighted by Gasteiger charge is -2.17. The first-order valence-electron chi connectivity index (χ1n) is 6.38. The van der Waals surface area contributed by atoms with Gasteiger partial charge in [0.05, 0.1) is 16.4 Å². The highest BCUT2D eigenvalue weighted by atomic mass is 79.9. The Hall–Kier alpha value is -0.840.